The van der Waals surface area contributed by atoms with Crippen LogP contribution in [0.25, 0.3) is 11.0 Å². The Morgan fingerprint density at radius 3 is 2.63 bits per heavy atom. The monoisotopic (exact) mass is 367 g/mol. The maximum Gasteiger partial charge on any atom is 0.197 e. The fourth-order valence-corrected chi connectivity index (χ4v) is 3.60. The van der Waals surface area contributed by atoms with Crippen molar-refractivity contribution >= 4 is 11.0 Å². The first kappa shape index (κ1) is 17.9. The molecule has 0 aliphatic carbocycles. The van der Waals surface area contributed by atoms with Gasteiger partial charge < -0.3 is 9.15 Å². The minimum Gasteiger partial charge on any atom is -0.464 e. The van der Waals surface area contributed by atoms with Crippen LogP contribution in [0.2, 0.25) is 0 Å². The summed E-state index contributed by atoms with van der Waals surface area (Å²) in [6, 6.07) is 14.0. The largest absolute Gasteiger partial charge is 0.464 e. The fourth-order valence-electron chi connectivity index (χ4n) is 3.60. The predicted octanol–water partition coefficient (Wildman–Crippen LogP) is 4.11. The average Bonchev–Trinajstić information content (AvgIpc) is 3.19. The standard InChI is InChI=1S/C22H22FNO3/c23-20-9-3-1-6-16(20)12-24(14-18-7-5-11-26-18)13-17-15-27-21-10-4-2-8-19(21)22(17)25/h1-4,6,8-10,15,18H,5,7,11-14H2. The zero-order valence-electron chi connectivity index (χ0n) is 15.1. The molecule has 4 rings (SSSR count). The molecule has 3 aromatic rings. The molecule has 4 nitrogen and oxygen atoms in total. The number of halogens is 1. The van der Waals surface area contributed by atoms with Crippen molar-refractivity contribution in [2.75, 3.05) is 13.2 Å². The molecule has 5 heteroatoms. The van der Waals surface area contributed by atoms with Crippen molar-refractivity contribution in [1.29, 1.82) is 0 Å². The number of hydrogen-bond donors (Lipinski definition) is 0. The molecule has 1 aliphatic heterocycles. The second-order valence-electron chi connectivity index (χ2n) is 6.98. The van der Waals surface area contributed by atoms with Crippen LogP contribution in [0.15, 0.2) is 64.0 Å². The van der Waals surface area contributed by atoms with Crippen molar-refractivity contribution in [3.05, 3.63) is 82.0 Å². The van der Waals surface area contributed by atoms with Crippen molar-refractivity contribution in [1.82, 2.24) is 4.90 Å². The second-order valence-corrected chi connectivity index (χ2v) is 6.98. The van der Waals surface area contributed by atoms with Crippen LogP contribution >= 0.6 is 0 Å². The number of nitrogens with zero attached hydrogens (tertiary/aromatic N) is 1. The van der Waals surface area contributed by atoms with Gasteiger partial charge in [-0.1, -0.05) is 30.3 Å². The van der Waals surface area contributed by atoms with E-state index >= 15 is 0 Å². The molecule has 1 atom stereocenters. The normalized spacial score (nSPS) is 17.0. The second kappa shape index (κ2) is 8.03. The molecule has 1 fully saturated rings. The van der Waals surface area contributed by atoms with Gasteiger partial charge in [0, 0.05) is 37.4 Å². The van der Waals surface area contributed by atoms with Crippen molar-refractivity contribution in [3.63, 3.8) is 0 Å². The van der Waals surface area contributed by atoms with Gasteiger partial charge in [-0.05, 0) is 31.0 Å². The molecule has 2 heterocycles. The highest BCUT2D eigenvalue weighted by molar-refractivity contribution is 5.76. The molecule has 2 aromatic carbocycles. The van der Waals surface area contributed by atoms with E-state index < -0.39 is 0 Å². The Morgan fingerprint density at radius 2 is 1.81 bits per heavy atom. The molecule has 140 valence electrons. The van der Waals surface area contributed by atoms with Crippen LogP contribution in [0, 0.1) is 5.82 Å². The molecule has 0 radical (unpaired) electrons. The van der Waals surface area contributed by atoms with Gasteiger partial charge in [0.2, 0.25) is 0 Å². The first-order valence-corrected chi connectivity index (χ1v) is 9.27. The summed E-state index contributed by atoms with van der Waals surface area (Å²) in [5.74, 6) is -0.236. The highest BCUT2D eigenvalue weighted by Crippen LogP contribution is 2.19. The van der Waals surface area contributed by atoms with Gasteiger partial charge in [-0.25, -0.2) is 4.39 Å². The van der Waals surface area contributed by atoms with Gasteiger partial charge in [-0.15, -0.1) is 0 Å². The predicted molar refractivity (Wildman–Crippen MR) is 102 cm³/mol. The number of fused-ring (bicyclic) bond motifs is 1. The topological polar surface area (TPSA) is 42.7 Å². The Labute approximate surface area is 157 Å². The van der Waals surface area contributed by atoms with Crippen molar-refractivity contribution < 1.29 is 13.5 Å². The molecule has 1 aromatic heterocycles. The zero-order chi connectivity index (χ0) is 18.6. The summed E-state index contributed by atoms with van der Waals surface area (Å²) in [5.41, 5.74) is 1.72. The number of rotatable bonds is 6. The van der Waals surface area contributed by atoms with Crippen LogP contribution < -0.4 is 5.43 Å². The summed E-state index contributed by atoms with van der Waals surface area (Å²) < 4.78 is 25.5. The highest BCUT2D eigenvalue weighted by atomic mass is 19.1. The van der Waals surface area contributed by atoms with Crippen LogP contribution in [0.3, 0.4) is 0 Å². The van der Waals surface area contributed by atoms with Gasteiger partial charge in [-0.2, -0.15) is 0 Å². The van der Waals surface area contributed by atoms with Crippen LogP contribution in [-0.2, 0) is 17.8 Å². The van der Waals surface area contributed by atoms with Crippen LogP contribution in [0.5, 0.6) is 0 Å². The summed E-state index contributed by atoms with van der Waals surface area (Å²) in [6.07, 6.45) is 3.66. The minimum absolute atomic E-state index is 0.0391. The molecule has 0 saturated carbocycles. The van der Waals surface area contributed by atoms with E-state index in [0.717, 1.165) is 19.4 Å². The minimum atomic E-state index is -0.236. The lowest BCUT2D eigenvalue weighted by atomic mass is 10.1. The molecule has 27 heavy (non-hydrogen) atoms. The summed E-state index contributed by atoms with van der Waals surface area (Å²) in [5, 5.41) is 0.568. The molecule has 0 N–H and O–H groups in total. The van der Waals surface area contributed by atoms with E-state index in [1.54, 1.807) is 24.3 Å². The Morgan fingerprint density at radius 1 is 1.04 bits per heavy atom. The van der Waals surface area contributed by atoms with E-state index in [1.165, 1.54) is 12.3 Å². The number of benzene rings is 2. The van der Waals surface area contributed by atoms with Crippen LogP contribution in [0.1, 0.15) is 24.0 Å². The smallest absolute Gasteiger partial charge is 0.197 e. The third-order valence-electron chi connectivity index (χ3n) is 4.98. The van der Waals surface area contributed by atoms with Gasteiger partial charge >= 0.3 is 0 Å². The van der Waals surface area contributed by atoms with E-state index in [1.807, 2.05) is 18.2 Å². The van der Waals surface area contributed by atoms with Crippen molar-refractivity contribution in [2.24, 2.45) is 0 Å². The van der Waals surface area contributed by atoms with Crippen LogP contribution in [0.4, 0.5) is 4.39 Å². The summed E-state index contributed by atoms with van der Waals surface area (Å²) in [7, 11) is 0. The van der Waals surface area contributed by atoms with Gasteiger partial charge in [0.1, 0.15) is 11.4 Å². The Bertz CT molecular complexity index is 978. The quantitative estimate of drug-likeness (QED) is 0.657. The first-order valence-electron chi connectivity index (χ1n) is 9.27. The number of para-hydroxylation sites is 1. The van der Waals surface area contributed by atoms with Crippen molar-refractivity contribution in [2.45, 2.75) is 32.0 Å². The lowest BCUT2D eigenvalue weighted by molar-refractivity contribution is 0.0672. The van der Waals surface area contributed by atoms with Gasteiger partial charge in [-0.3, -0.25) is 9.69 Å². The van der Waals surface area contributed by atoms with Gasteiger partial charge in [0.25, 0.3) is 0 Å². The third kappa shape index (κ3) is 4.10. The van der Waals surface area contributed by atoms with E-state index in [4.69, 9.17) is 9.15 Å². The Balaban J connectivity index is 1.61. The van der Waals surface area contributed by atoms with Gasteiger partial charge in [0.15, 0.2) is 5.43 Å². The molecular weight excluding hydrogens is 345 g/mol. The Kier molecular flexibility index (Phi) is 5.32. The number of hydrogen-bond acceptors (Lipinski definition) is 4. The molecule has 0 bridgehead atoms. The summed E-state index contributed by atoms with van der Waals surface area (Å²) >= 11 is 0. The van der Waals surface area contributed by atoms with E-state index in [9.17, 15) is 9.18 Å². The summed E-state index contributed by atoms with van der Waals surface area (Å²) in [6.45, 7) is 2.22. The Hall–Kier alpha value is -2.50. The SMILES string of the molecule is O=c1c(CN(Cc2ccccc2F)CC2CCCO2)coc2ccccc12. The maximum atomic E-state index is 14.2. The lowest BCUT2D eigenvalue weighted by Gasteiger charge is -2.25. The van der Waals surface area contributed by atoms with E-state index in [2.05, 4.69) is 4.90 Å². The fraction of sp³-hybridized carbons (Fsp3) is 0.318. The van der Waals surface area contributed by atoms with E-state index in [0.29, 0.717) is 41.7 Å². The zero-order valence-corrected chi connectivity index (χ0v) is 15.1. The molecular formula is C22H22FNO3. The van der Waals surface area contributed by atoms with Crippen molar-refractivity contribution in [3.8, 4) is 0 Å². The lowest BCUT2D eigenvalue weighted by Crippen LogP contribution is -2.33. The summed E-state index contributed by atoms with van der Waals surface area (Å²) in [4.78, 5) is 14.9. The maximum absolute atomic E-state index is 14.2. The number of ether oxygens (including phenoxy) is 1. The van der Waals surface area contributed by atoms with Gasteiger partial charge in [0.05, 0.1) is 17.8 Å². The van der Waals surface area contributed by atoms with E-state index in [-0.39, 0.29) is 17.3 Å². The highest BCUT2D eigenvalue weighted by Gasteiger charge is 2.21. The molecule has 0 amide bonds. The molecule has 0 spiro atoms. The first-order chi connectivity index (χ1) is 13.2. The molecule has 1 aliphatic rings. The molecule has 1 saturated heterocycles. The third-order valence-corrected chi connectivity index (χ3v) is 4.98. The van der Waals surface area contributed by atoms with Crippen LogP contribution in [-0.4, -0.2) is 24.2 Å². The average molecular weight is 367 g/mol. The molecule has 1 unspecified atom stereocenters.